The van der Waals surface area contributed by atoms with Crippen molar-refractivity contribution in [2.75, 3.05) is 0 Å². The number of aromatic amines is 2. The highest BCUT2D eigenvalue weighted by molar-refractivity contribution is 5.95. The van der Waals surface area contributed by atoms with Crippen LogP contribution in [0.2, 0.25) is 0 Å². The minimum atomic E-state index is -1.26. The molecule has 3 rings (SSSR count). The van der Waals surface area contributed by atoms with E-state index in [2.05, 4.69) is 30.9 Å². The van der Waals surface area contributed by atoms with Crippen LogP contribution in [0, 0.1) is 11.8 Å². The van der Waals surface area contributed by atoms with E-state index >= 15 is 0 Å². The second-order valence-electron chi connectivity index (χ2n) is 10.9. The van der Waals surface area contributed by atoms with Gasteiger partial charge in [0.25, 0.3) is 0 Å². The number of nitrogens with zero attached hydrogens (tertiary/aromatic N) is 1. The molecule has 12 nitrogen and oxygen atoms in total. The molecule has 0 saturated carbocycles. The second kappa shape index (κ2) is 14.4. The number of nitrogens with two attached hydrogens (primary N) is 1. The summed E-state index contributed by atoms with van der Waals surface area (Å²) in [6, 6.07) is 3.44. The van der Waals surface area contributed by atoms with E-state index in [4.69, 9.17) is 5.73 Å². The Bertz CT molecular complexity index is 1320. The number of carboxylic acids is 1. The van der Waals surface area contributed by atoms with Crippen LogP contribution in [0.25, 0.3) is 10.9 Å². The summed E-state index contributed by atoms with van der Waals surface area (Å²) in [6.45, 7) is 7.64. The monoisotopic (exact) mass is 567 g/mol. The number of para-hydroxylation sites is 1. The molecule has 5 atom stereocenters. The van der Waals surface area contributed by atoms with E-state index in [1.807, 2.05) is 52.0 Å². The summed E-state index contributed by atoms with van der Waals surface area (Å²) in [5.74, 6) is -2.92. The smallest absolute Gasteiger partial charge is 0.326 e. The number of imidazole rings is 1. The van der Waals surface area contributed by atoms with Gasteiger partial charge in [0.05, 0.1) is 12.4 Å². The second-order valence-corrected chi connectivity index (χ2v) is 10.9. The van der Waals surface area contributed by atoms with E-state index in [1.165, 1.54) is 12.5 Å². The Labute approximate surface area is 239 Å². The first-order valence-electron chi connectivity index (χ1n) is 13.9. The molecule has 12 heteroatoms. The van der Waals surface area contributed by atoms with Gasteiger partial charge in [0.1, 0.15) is 18.1 Å². The Morgan fingerprint density at radius 1 is 0.927 bits per heavy atom. The summed E-state index contributed by atoms with van der Waals surface area (Å²) in [5, 5.41) is 18.8. The van der Waals surface area contributed by atoms with E-state index in [0.717, 1.165) is 16.5 Å². The van der Waals surface area contributed by atoms with E-state index in [0.29, 0.717) is 18.5 Å². The lowest BCUT2D eigenvalue weighted by Crippen LogP contribution is -2.58. The molecule has 0 radical (unpaired) electrons. The fourth-order valence-corrected chi connectivity index (χ4v) is 4.57. The predicted octanol–water partition coefficient (Wildman–Crippen LogP) is 1.63. The van der Waals surface area contributed by atoms with Crippen molar-refractivity contribution in [1.29, 1.82) is 0 Å². The quantitative estimate of drug-likeness (QED) is 0.145. The van der Waals surface area contributed by atoms with Crippen LogP contribution in [0.3, 0.4) is 0 Å². The van der Waals surface area contributed by atoms with Crippen molar-refractivity contribution >= 4 is 34.6 Å². The Hall–Kier alpha value is -4.19. The molecule has 5 unspecified atom stereocenters. The number of aliphatic carboxylic acids is 1. The van der Waals surface area contributed by atoms with Gasteiger partial charge < -0.3 is 36.8 Å². The summed E-state index contributed by atoms with van der Waals surface area (Å²) < 4.78 is 0. The minimum absolute atomic E-state index is 0.0195. The average Bonchev–Trinajstić information content (AvgIpc) is 3.60. The van der Waals surface area contributed by atoms with Gasteiger partial charge in [0, 0.05) is 41.8 Å². The van der Waals surface area contributed by atoms with E-state index in [9.17, 15) is 24.3 Å². The molecule has 0 aliphatic heterocycles. The number of rotatable bonds is 15. The number of hydrogen-bond acceptors (Lipinski definition) is 6. The molecule has 0 saturated heterocycles. The van der Waals surface area contributed by atoms with Gasteiger partial charge in [-0.05, 0) is 29.9 Å². The summed E-state index contributed by atoms with van der Waals surface area (Å²) in [5.41, 5.74) is 8.27. The maximum Gasteiger partial charge on any atom is 0.326 e. The molecule has 0 bridgehead atoms. The molecule has 0 fully saturated rings. The van der Waals surface area contributed by atoms with Gasteiger partial charge in [-0.2, -0.15) is 0 Å². The van der Waals surface area contributed by atoms with Gasteiger partial charge in [-0.1, -0.05) is 52.3 Å². The molecule has 3 amide bonds. The highest BCUT2D eigenvalue weighted by Crippen LogP contribution is 2.20. The SMILES string of the molecule is CCC(C)C(N)C(=O)NC(CC(C)C)C(=O)NC(Cc1c[nH]c2ccccc12)C(=O)NC(Cc1cnc[nH]1)C(=O)O. The summed E-state index contributed by atoms with van der Waals surface area (Å²) in [7, 11) is 0. The largest absolute Gasteiger partial charge is 0.480 e. The van der Waals surface area contributed by atoms with Gasteiger partial charge in [-0.25, -0.2) is 9.78 Å². The topological polar surface area (TPSA) is 195 Å². The van der Waals surface area contributed by atoms with E-state index < -0.39 is 47.9 Å². The van der Waals surface area contributed by atoms with Crippen LogP contribution in [-0.4, -0.2) is 67.9 Å². The number of H-pyrrole nitrogens is 2. The van der Waals surface area contributed by atoms with Crippen LogP contribution in [0.5, 0.6) is 0 Å². The van der Waals surface area contributed by atoms with Crippen molar-refractivity contribution in [2.45, 2.75) is 77.5 Å². The maximum absolute atomic E-state index is 13.6. The number of hydrogen-bond donors (Lipinski definition) is 7. The van der Waals surface area contributed by atoms with Crippen molar-refractivity contribution in [3.8, 4) is 0 Å². The van der Waals surface area contributed by atoms with Crippen LogP contribution in [0.1, 0.15) is 51.8 Å². The Balaban J connectivity index is 1.86. The number of carbonyl (C=O) groups excluding carboxylic acids is 3. The third-order valence-electron chi connectivity index (χ3n) is 7.23. The maximum atomic E-state index is 13.6. The number of benzene rings is 1. The van der Waals surface area contributed by atoms with Crippen LogP contribution in [0.4, 0.5) is 0 Å². The molecule has 0 spiro atoms. The standard InChI is InChI=1S/C29H41N7O5/c1-5-17(4)25(30)28(39)35-22(10-16(2)3)26(37)34-23(11-18-13-32-21-9-7-6-8-20(18)21)27(38)36-24(29(40)41)12-19-14-31-15-33-19/h6-9,13-17,22-25,32H,5,10-12,30H2,1-4H3,(H,31,33)(H,34,37)(H,35,39)(H,36,38)(H,40,41). The predicted molar refractivity (Wildman–Crippen MR) is 155 cm³/mol. The molecule has 2 heterocycles. The number of carbonyl (C=O) groups is 4. The fourth-order valence-electron chi connectivity index (χ4n) is 4.57. The van der Waals surface area contributed by atoms with Gasteiger partial charge in [0.2, 0.25) is 17.7 Å². The molecule has 1 aromatic carbocycles. The first-order chi connectivity index (χ1) is 19.5. The normalized spacial score (nSPS) is 15.1. The van der Waals surface area contributed by atoms with Crippen molar-refractivity contribution in [1.82, 2.24) is 30.9 Å². The van der Waals surface area contributed by atoms with Gasteiger partial charge in [-0.3, -0.25) is 14.4 Å². The zero-order chi connectivity index (χ0) is 30.1. The number of carboxylic acid groups (broad SMARTS) is 1. The molecule has 8 N–H and O–H groups in total. The van der Waals surface area contributed by atoms with E-state index in [1.54, 1.807) is 6.20 Å². The Kier molecular flexibility index (Phi) is 11.0. The molecule has 222 valence electrons. The molecule has 0 aliphatic rings. The number of amides is 3. The first kappa shape index (κ1) is 31.3. The Morgan fingerprint density at radius 2 is 1.59 bits per heavy atom. The van der Waals surface area contributed by atoms with Crippen molar-refractivity contribution in [3.63, 3.8) is 0 Å². The number of nitrogens with one attached hydrogen (secondary N) is 5. The lowest BCUT2D eigenvalue weighted by atomic mass is 9.97. The molecular weight excluding hydrogens is 526 g/mol. The van der Waals surface area contributed by atoms with Crippen molar-refractivity contribution in [3.05, 3.63) is 54.2 Å². The Morgan fingerprint density at radius 3 is 2.22 bits per heavy atom. The minimum Gasteiger partial charge on any atom is -0.480 e. The molecule has 0 aliphatic carbocycles. The van der Waals surface area contributed by atoms with Crippen molar-refractivity contribution < 1.29 is 24.3 Å². The zero-order valence-corrected chi connectivity index (χ0v) is 23.9. The first-order valence-corrected chi connectivity index (χ1v) is 13.9. The van der Waals surface area contributed by atoms with Crippen LogP contribution in [0.15, 0.2) is 43.0 Å². The molecule has 2 aromatic heterocycles. The van der Waals surface area contributed by atoms with Crippen LogP contribution < -0.4 is 21.7 Å². The number of fused-ring (bicyclic) bond motifs is 1. The highest BCUT2D eigenvalue weighted by Gasteiger charge is 2.32. The summed E-state index contributed by atoms with van der Waals surface area (Å²) in [4.78, 5) is 61.9. The molecule has 3 aromatic rings. The van der Waals surface area contributed by atoms with Crippen LogP contribution in [-0.2, 0) is 32.0 Å². The van der Waals surface area contributed by atoms with Gasteiger partial charge in [-0.15, -0.1) is 0 Å². The van der Waals surface area contributed by atoms with Crippen molar-refractivity contribution in [2.24, 2.45) is 17.6 Å². The molecule has 41 heavy (non-hydrogen) atoms. The lowest BCUT2D eigenvalue weighted by Gasteiger charge is -2.27. The third-order valence-corrected chi connectivity index (χ3v) is 7.23. The van der Waals surface area contributed by atoms with E-state index in [-0.39, 0.29) is 24.7 Å². The van der Waals surface area contributed by atoms with Gasteiger partial charge >= 0.3 is 5.97 Å². The highest BCUT2D eigenvalue weighted by atomic mass is 16.4. The third kappa shape index (κ3) is 8.65. The zero-order valence-electron chi connectivity index (χ0n) is 23.9. The summed E-state index contributed by atoms with van der Waals surface area (Å²) in [6.07, 6.45) is 5.76. The lowest BCUT2D eigenvalue weighted by molar-refractivity contribution is -0.142. The summed E-state index contributed by atoms with van der Waals surface area (Å²) >= 11 is 0. The van der Waals surface area contributed by atoms with Crippen LogP contribution >= 0.6 is 0 Å². The molecular formula is C29H41N7O5. The fraction of sp³-hybridized carbons (Fsp3) is 0.483. The average molecular weight is 568 g/mol. The van der Waals surface area contributed by atoms with Gasteiger partial charge in [0.15, 0.2) is 0 Å². The number of aromatic nitrogens is 3.